The Balaban J connectivity index is 2.20. The van der Waals surface area contributed by atoms with Crippen LogP contribution in [0.5, 0.6) is 0 Å². The third kappa shape index (κ3) is 2.12. The molecule has 1 heterocycles. The molecular weight excluding hydrogens is 252 g/mol. The maximum atomic E-state index is 12.1. The van der Waals surface area contributed by atoms with E-state index in [1.165, 1.54) is 28.6 Å². The summed E-state index contributed by atoms with van der Waals surface area (Å²) in [5.74, 6) is 0. The number of rotatable bonds is 3. The van der Waals surface area contributed by atoms with Crippen molar-refractivity contribution in [2.24, 2.45) is 0 Å². The van der Waals surface area contributed by atoms with Crippen LogP contribution in [0.3, 0.4) is 0 Å². The largest absolute Gasteiger partial charge is 0.387 e. The van der Waals surface area contributed by atoms with Crippen molar-refractivity contribution in [2.45, 2.75) is 23.8 Å². The average molecular weight is 266 g/mol. The molecule has 18 heavy (non-hydrogen) atoms. The van der Waals surface area contributed by atoms with Gasteiger partial charge in [-0.3, -0.25) is 0 Å². The lowest BCUT2D eigenvalue weighted by atomic mass is 9.94. The van der Waals surface area contributed by atoms with Crippen LogP contribution >= 0.6 is 0 Å². The van der Waals surface area contributed by atoms with Crippen LogP contribution in [0.1, 0.15) is 18.9 Å². The van der Waals surface area contributed by atoms with Gasteiger partial charge >= 0.3 is 0 Å². The lowest BCUT2D eigenvalue weighted by Crippen LogP contribution is -2.62. The molecule has 0 aliphatic carbocycles. The van der Waals surface area contributed by atoms with Crippen LogP contribution in [0.4, 0.5) is 0 Å². The van der Waals surface area contributed by atoms with Crippen molar-refractivity contribution in [3.05, 3.63) is 29.8 Å². The molecule has 1 N–H and O–H groups in total. The van der Waals surface area contributed by atoms with Crippen molar-refractivity contribution >= 4 is 10.0 Å². The number of hydrogen-bond acceptors (Lipinski definition) is 4. The molecule has 0 amide bonds. The van der Waals surface area contributed by atoms with Gasteiger partial charge in [0.25, 0.3) is 0 Å². The Labute approximate surface area is 106 Å². The molecule has 1 fully saturated rings. The van der Waals surface area contributed by atoms with Crippen molar-refractivity contribution in [3.8, 4) is 6.07 Å². The van der Waals surface area contributed by atoms with Gasteiger partial charge in [-0.05, 0) is 30.7 Å². The van der Waals surface area contributed by atoms with E-state index in [9.17, 15) is 13.5 Å². The molecule has 0 aromatic heterocycles. The van der Waals surface area contributed by atoms with E-state index in [2.05, 4.69) is 0 Å². The van der Waals surface area contributed by atoms with Crippen LogP contribution in [-0.4, -0.2) is 36.5 Å². The van der Waals surface area contributed by atoms with Crippen molar-refractivity contribution in [2.75, 3.05) is 13.1 Å². The molecule has 0 saturated carbocycles. The predicted octanol–water partition coefficient (Wildman–Crippen LogP) is 0.704. The van der Waals surface area contributed by atoms with Gasteiger partial charge in [0.05, 0.1) is 22.1 Å². The van der Waals surface area contributed by atoms with Gasteiger partial charge < -0.3 is 5.11 Å². The van der Waals surface area contributed by atoms with E-state index in [4.69, 9.17) is 5.26 Å². The monoisotopic (exact) mass is 266 g/mol. The molecule has 0 bridgehead atoms. The van der Waals surface area contributed by atoms with Crippen LogP contribution in [0.15, 0.2) is 29.2 Å². The van der Waals surface area contributed by atoms with Gasteiger partial charge in [-0.1, -0.05) is 6.92 Å². The van der Waals surface area contributed by atoms with E-state index >= 15 is 0 Å². The Hall–Kier alpha value is -1.42. The summed E-state index contributed by atoms with van der Waals surface area (Å²) < 4.78 is 25.5. The second kappa shape index (κ2) is 4.35. The lowest BCUT2D eigenvalue weighted by Gasteiger charge is -2.44. The summed E-state index contributed by atoms with van der Waals surface area (Å²) in [5.41, 5.74) is -0.470. The van der Waals surface area contributed by atoms with Crippen LogP contribution in [0, 0.1) is 11.3 Å². The summed E-state index contributed by atoms with van der Waals surface area (Å²) in [6.45, 7) is 2.09. The molecule has 2 rings (SSSR count). The Morgan fingerprint density at radius 2 is 1.94 bits per heavy atom. The third-order valence-corrected chi connectivity index (χ3v) is 5.03. The number of nitriles is 1. The first kappa shape index (κ1) is 13.0. The highest BCUT2D eigenvalue weighted by Crippen LogP contribution is 2.30. The van der Waals surface area contributed by atoms with E-state index in [-0.39, 0.29) is 18.0 Å². The molecule has 5 nitrogen and oxygen atoms in total. The minimum Gasteiger partial charge on any atom is -0.387 e. The van der Waals surface area contributed by atoms with Crippen LogP contribution < -0.4 is 0 Å². The van der Waals surface area contributed by atoms with Crippen LogP contribution in [0.2, 0.25) is 0 Å². The second-order valence-electron chi connectivity index (χ2n) is 4.49. The molecule has 0 unspecified atom stereocenters. The van der Waals surface area contributed by atoms with Gasteiger partial charge in [0, 0.05) is 13.1 Å². The standard InChI is InChI=1S/C12H14N2O3S/c1-2-12(15)8-14(9-12)18(16,17)11-5-3-10(7-13)4-6-11/h3-6,15H,2,8-9H2,1H3. The highest BCUT2D eigenvalue weighted by molar-refractivity contribution is 7.89. The van der Waals surface area contributed by atoms with Crippen molar-refractivity contribution in [1.82, 2.24) is 4.31 Å². The summed E-state index contributed by atoms with van der Waals surface area (Å²) in [4.78, 5) is 0.152. The summed E-state index contributed by atoms with van der Waals surface area (Å²) in [6.07, 6.45) is 0.534. The molecule has 1 aliphatic heterocycles. The molecule has 1 aromatic rings. The summed E-state index contributed by atoms with van der Waals surface area (Å²) in [7, 11) is -3.54. The Morgan fingerprint density at radius 1 is 1.39 bits per heavy atom. The molecule has 0 spiro atoms. The maximum absolute atomic E-state index is 12.1. The number of sulfonamides is 1. The van der Waals surface area contributed by atoms with Gasteiger partial charge in [0.15, 0.2) is 0 Å². The quantitative estimate of drug-likeness (QED) is 0.873. The first-order chi connectivity index (χ1) is 8.41. The zero-order valence-electron chi connectivity index (χ0n) is 10.00. The number of hydrogen-bond donors (Lipinski definition) is 1. The molecule has 96 valence electrons. The first-order valence-electron chi connectivity index (χ1n) is 5.64. The van der Waals surface area contributed by atoms with Crippen molar-refractivity contribution in [1.29, 1.82) is 5.26 Å². The summed E-state index contributed by atoms with van der Waals surface area (Å²) in [5, 5.41) is 18.5. The summed E-state index contributed by atoms with van der Waals surface area (Å²) >= 11 is 0. The number of benzene rings is 1. The molecule has 1 aliphatic rings. The minimum absolute atomic E-state index is 0.131. The highest BCUT2D eigenvalue weighted by atomic mass is 32.2. The van der Waals surface area contributed by atoms with Gasteiger partial charge in [0.1, 0.15) is 0 Å². The van der Waals surface area contributed by atoms with E-state index < -0.39 is 15.6 Å². The molecule has 0 radical (unpaired) electrons. The first-order valence-corrected chi connectivity index (χ1v) is 7.08. The Bertz CT molecular complexity index is 581. The van der Waals surface area contributed by atoms with E-state index in [1.54, 1.807) is 0 Å². The molecule has 6 heteroatoms. The molecule has 1 saturated heterocycles. The normalized spacial score (nSPS) is 18.9. The van der Waals surface area contributed by atoms with Gasteiger partial charge in [-0.25, -0.2) is 8.42 Å². The fraction of sp³-hybridized carbons (Fsp3) is 0.417. The maximum Gasteiger partial charge on any atom is 0.243 e. The predicted molar refractivity (Wildman–Crippen MR) is 65.2 cm³/mol. The number of β-amino-alcohol motifs (C(OH)–C–C–N with tert-alkyl or cyclic N) is 1. The van der Waals surface area contributed by atoms with Gasteiger partial charge in [-0.15, -0.1) is 0 Å². The zero-order valence-corrected chi connectivity index (χ0v) is 10.8. The van der Waals surface area contributed by atoms with E-state index in [0.717, 1.165) is 0 Å². The fourth-order valence-electron chi connectivity index (χ4n) is 1.85. The molecule has 1 aromatic carbocycles. The minimum atomic E-state index is -3.54. The Morgan fingerprint density at radius 3 is 2.39 bits per heavy atom. The number of nitrogens with zero attached hydrogens (tertiary/aromatic N) is 2. The third-order valence-electron chi connectivity index (χ3n) is 3.22. The molecular formula is C12H14N2O3S. The topological polar surface area (TPSA) is 81.4 Å². The van der Waals surface area contributed by atoms with Crippen LogP contribution in [-0.2, 0) is 10.0 Å². The zero-order chi connectivity index (χ0) is 13.4. The van der Waals surface area contributed by atoms with Crippen molar-refractivity contribution < 1.29 is 13.5 Å². The van der Waals surface area contributed by atoms with E-state index in [1.807, 2.05) is 13.0 Å². The smallest absolute Gasteiger partial charge is 0.243 e. The van der Waals surface area contributed by atoms with Gasteiger partial charge in [0.2, 0.25) is 10.0 Å². The highest BCUT2D eigenvalue weighted by Gasteiger charge is 2.45. The summed E-state index contributed by atoms with van der Waals surface area (Å²) in [6, 6.07) is 7.71. The van der Waals surface area contributed by atoms with Crippen molar-refractivity contribution in [3.63, 3.8) is 0 Å². The average Bonchev–Trinajstić information content (AvgIpc) is 2.35. The lowest BCUT2D eigenvalue weighted by molar-refractivity contribution is -0.0613. The Kier molecular flexibility index (Phi) is 3.15. The second-order valence-corrected chi connectivity index (χ2v) is 6.43. The van der Waals surface area contributed by atoms with E-state index in [0.29, 0.717) is 12.0 Å². The fourth-order valence-corrected chi connectivity index (χ4v) is 3.45. The van der Waals surface area contributed by atoms with Crippen LogP contribution in [0.25, 0.3) is 0 Å². The molecule has 0 atom stereocenters. The SMILES string of the molecule is CCC1(O)CN(S(=O)(=O)c2ccc(C#N)cc2)C1. The van der Waals surface area contributed by atoms with Gasteiger partial charge in [-0.2, -0.15) is 9.57 Å². The number of aliphatic hydroxyl groups is 1.